The van der Waals surface area contributed by atoms with Crippen LogP contribution in [-0.4, -0.2) is 42.5 Å². The first-order chi connectivity index (χ1) is 13.6. The summed E-state index contributed by atoms with van der Waals surface area (Å²) in [4.78, 5) is 14.3. The fourth-order valence-corrected chi connectivity index (χ4v) is 3.69. The van der Waals surface area contributed by atoms with Gasteiger partial charge in [-0.25, -0.2) is 0 Å². The zero-order chi connectivity index (χ0) is 19.9. The molecule has 1 aliphatic rings. The number of carbonyl (C=O) groups is 1. The van der Waals surface area contributed by atoms with Gasteiger partial charge in [0.25, 0.3) is 5.91 Å². The number of likely N-dealkylation sites (N-methyl/N-ethyl adjacent to an activating group) is 1. The molecule has 1 fully saturated rings. The molecular weight excluding hydrogens is 394 g/mol. The average Bonchev–Trinajstić information content (AvgIpc) is 2.96. The number of carbonyl (C=O) groups excluding carboxylic acids is 1. The third kappa shape index (κ3) is 5.05. The van der Waals surface area contributed by atoms with Crippen molar-refractivity contribution in [2.75, 3.05) is 27.4 Å². The molecule has 0 aromatic heterocycles. The summed E-state index contributed by atoms with van der Waals surface area (Å²) < 4.78 is 17.3. The Kier molecular flexibility index (Phi) is 6.95. The van der Waals surface area contributed by atoms with Crippen molar-refractivity contribution in [2.24, 2.45) is 0 Å². The Morgan fingerprint density at radius 2 is 1.71 bits per heavy atom. The van der Waals surface area contributed by atoms with Crippen molar-refractivity contribution >= 4 is 40.3 Å². The molecule has 3 rings (SSSR count). The molecule has 0 N–H and O–H groups in total. The van der Waals surface area contributed by atoms with Gasteiger partial charge in [0, 0.05) is 19.0 Å². The van der Waals surface area contributed by atoms with E-state index in [-0.39, 0.29) is 5.91 Å². The number of methoxy groups -OCH3 is 1. The van der Waals surface area contributed by atoms with Crippen molar-refractivity contribution in [3.63, 3.8) is 0 Å². The molecule has 7 heteroatoms. The summed E-state index contributed by atoms with van der Waals surface area (Å²) in [6, 6.07) is 15.1. The molecule has 146 valence electrons. The molecule has 0 saturated carbocycles. The number of amides is 1. The van der Waals surface area contributed by atoms with Crippen LogP contribution in [0.15, 0.2) is 53.4 Å². The van der Waals surface area contributed by atoms with Crippen LogP contribution >= 0.6 is 24.0 Å². The monoisotopic (exact) mass is 415 g/mol. The van der Waals surface area contributed by atoms with E-state index < -0.39 is 0 Å². The van der Waals surface area contributed by atoms with Gasteiger partial charge in [-0.05, 0) is 36.4 Å². The molecule has 2 aromatic rings. The number of rotatable bonds is 8. The number of thiocarbonyl (C=S) groups is 1. The van der Waals surface area contributed by atoms with E-state index in [2.05, 4.69) is 0 Å². The summed E-state index contributed by atoms with van der Waals surface area (Å²) in [7, 11) is 3.32. The molecular formula is C21H21NO4S2. The van der Waals surface area contributed by atoms with Gasteiger partial charge in [-0.1, -0.05) is 42.2 Å². The molecule has 0 radical (unpaired) electrons. The van der Waals surface area contributed by atoms with Crippen LogP contribution in [0.2, 0.25) is 0 Å². The lowest BCUT2D eigenvalue weighted by Crippen LogP contribution is -2.22. The first-order valence-corrected chi connectivity index (χ1v) is 10.0. The molecule has 1 saturated heterocycles. The van der Waals surface area contributed by atoms with E-state index in [9.17, 15) is 4.79 Å². The van der Waals surface area contributed by atoms with Gasteiger partial charge >= 0.3 is 0 Å². The molecule has 0 atom stereocenters. The summed E-state index contributed by atoms with van der Waals surface area (Å²) in [6.45, 7) is 1.05. The molecule has 5 nitrogen and oxygen atoms in total. The van der Waals surface area contributed by atoms with Crippen molar-refractivity contribution in [3.8, 4) is 17.2 Å². The zero-order valence-corrected chi connectivity index (χ0v) is 17.3. The Morgan fingerprint density at radius 3 is 2.39 bits per heavy atom. The molecule has 0 bridgehead atoms. The highest BCUT2D eigenvalue weighted by atomic mass is 32.2. The minimum atomic E-state index is -0.0855. The zero-order valence-electron chi connectivity index (χ0n) is 15.7. The predicted molar refractivity (Wildman–Crippen MR) is 116 cm³/mol. The van der Waals surface area contributed by atoms with Crippen LogP contribution in [0.1, 0.15) is 12.0 Å². The van der Waals surface area contributed by atoms with E-state index in [4.69, 9.17) is 26.4 Å². The summed E-state index contributed by atoms with van der Waals surface area (Å²) in [6.07, 6.45) is 2.56. The molecule has 0 spiro atoms. The van der Waals surface area contributed by atoms with E-state index in [0.717, 1.165) is 29.2 Å². The molecule has 2 aromatic carbocycles. The maximum Gasteiger partial charge on any atom is 0.265 e. The van der Waals surface area contributed by atoms with Crippen LogP contribution in [0.3, 0.4) is 0 Å². The van der Waals surface area contributed by atoms with Gasteiger partial charge < -0.3 is 14.2 Å². The summed E-state index contributed by atoms with van der Waals surface area (Å²) >= 11 is 6.48. The lowest BCUT2D eigenvalue weighted by Gasteiger charge is -2.10. The highest BCUT2D eigenvalue weighted by Gasteiger charge is 2.28. The van der Waals surface area contributed by atoms with Gasteiger partial charge in [-0.3, -0.25) is 9.69 Å². The van der Waals surface area contributed by atoms with E-state index in [0.29, 0.717) is 22.4 Å². The van der Waals surface area contributed by atoms with Crippen molar-refractivity contribution < 1.29 is 19.0 Å². The second kappa shape index (κ2) is 9.61. The van der Waals surface area contributed by atoms with Gasteiger partial charge in [0.15, 0.2) is 0 Å². The van der Waals surface area contributed by atoms with Gasteiger partial charge in [-0.15, -0.1) is 0 Å². The number of nitrogens with zero attached hydrogens (tertiary/aromatic N) is 1. The van der Waals surface area contributed by atoms with Crippen LogP contribution in [0.5, 0.6) is 17.2 Å². The number of ether oxygens (including phenoxy) is 3. The Balaban J connectivity index is 1.52. The summed E-state index contributed by atoms with van der Waals surface area (Å²) in [5.41, 5.74) is 0.854. The predicted octanol–water partition coefficient (Wildman–Crippen LogP) is 4.37. The van der Waals surface area contributed by atoms with Crippen molar-refractivity contribution in [1.82, 2.24) is 4.90 Å². The lowest BCUT2D eigenvalue weighted by atomic mass is 10.2. The Labute approximate surface area is 174 Å². The van der Waals surface area contributed by atoms with E-state index in [1.807, 2.05) is 54.6 Å². The molecule has 0 aliphatic carbocycles. The minimum Gasteiger partial charge on any atom is -0.497 e. The second-order valence-corrected chi connectivity index (χ2v) is 7.68. The molecule has 1 amide bonds. The van der Waals surface area contributed by atoms with E-state index in [1.54, 1.807) is 14.2 Å². The quantitative estimate of drug-likeness (QED) is 0.362. The maximum atomic E-state index is 12.2. The van der Waals surface area contributed by atoms with Gasteiger partial charge in [0.2, 0.25) is 0 Å². The number of hydrogen-bond donors (Lipinski definition) is 0. The van der Waals surface area contributed by atoms with Crippen molar-refractivity contribution in [1.29, 1.82) is 0 Å². The normalized spacial score (nSPS) is 15.2. The third-order valence-corrected chi connectivity index (χ3v) is 5.55. The van der Waals surface area contributed by atoms with Crippen LogP contribution in [0.25, 0.3) is 6.08 Å². The summed E-state index contributed by atoms with van der Waals surface area (Å²) in [5.74, 6) is 2.24. The van der Waals surface area contributed by atoms with Crippen molar-refractivity contribution in [2.45, 2.75) is 6.42 Å². The van der Waals surface area contributed by atoms with Gasteiger partial charge in [0.05, 0.1) is 25.2 Å². The maximum absolute atomic E-state index is 12.2. The van der Waals surface area contributed by atoms with Crippen molar-refractivity contribution in [3.05, 3.63) is 59.0 Å². The molecule has 28 heavy (non-hydrogen) atoms. The topological polar surface area (TPSA) is 48.0 Å². The standard InChI is InChI=1S/C21H21NO4S2/c1-22-20(23)19(28-21(22)27)14-15-6-3-4-7-18(15)26-13-5-12-25-17-10-8-16(24-2)9-11-17/h3-4,6-11,14H,5,12-13H2,1-2H3/b19-14+. The fraction of sp³-hybridized carbons (Fsp3) is 0.238. The number of hydrogen-bond acceptors (Lipinski definition) is 6. The van der Waals surface area contributed by atoms with Crippen LogP contribution in [0.4, 0.5) is 0 Å². The Bertz CT molecular complexity index is 880. The first-order valence-electron chi connectivity index (χ1n) is 8.78. The van der Waals surface area contributed by atoms with E-state index >= 15 is 0 Å². The van der Waals surface area contributed by atoms with Crippen LogP contribution in [0, 0.1) is 0 Å². The minimum absolute atomic E-state index is 0.0855. The highest BCUT2D eigenvalue weighted by molar-refractivity contribution is 8.26. The first kappa shape index (κ1) is 20.2. The van der Waals surface area contributed by atoms with Crippen LogP contribution < -0.4 is 14.2 Å². The number of thioether (sulfide) groups is 1. The second-order valence-electron chi connectivity index (χ2n) is 6.00. The Morgan fingerprint density at radius 1 is 1.04 bits per heavy atom. The fourth-order valence-electron chi connectivity index (χ4n) is 2.52. The molecule has 1 aliphatic heterocycles. The highest BCUT2D eigenvalue weighted by Crippen LogP contribution is 2.33. The summed E-state index contributed by atoms with van der Waals surface area (Å²) in [5, 5.41) is 0. The van der Waals surface area contributed by atoms with Gasteiger partial charge in [-0.2, -0.15) is 0 Å². The smallest absolute Gasteiger partial charge is 0.265 e. The van der Waals surface area contributed by atoms with E-state index in [1.165, 1.54) is 16.7 Å². The average molecular weight is 416 g/mol. The van der Waals surface area contributed by atoms with Crippen LogP contribution in [-0.2, 0) is 4.79 Å². The largest absolute Gasteiger partial charge is 0.497 e. The lowest BCUT2D eigenvalue weighted by molar-refractivity contribution is -0.121. The number of benzene rings is 2. The number of para-hydroxylation sites is 1. The Hall–Kier alpha value is -2.51. The third-order valence-electron chi connectivity index (χ3n) is 4.07. The SMILES string of the molecule is COc1ccc(OCCCOc2ccccc2/C=C2/SC(=S)N(C)C2=O)cc1. The van der Waals surface area contributed by atoms with Gasteiger partial charge in [0.1, 0.15) is 21.6 Å². The molecule has 1 heterocycles. The molecule has 0 unspecified atom stereocenters.